The number of nitrogens with one attached hydrogen (secondary N) is 1. The Bertz CT molecular complexity index is 1380. The van der Waals surface area contributed by atoms with E-state index in [-0.39, 0.29) is 5.54 Å². The summed E-state index contributed by atoms with van der Waals surface area (Å²) in [6.45, 7) is 7.89. The molecule has 2 heterocycles. The van der Waals surface area contributed by atoms with E-state index in [2.05, 4.69) is 101 Å². The summed E-state index contributed by atoms with van der Waals surface area (Å²) in [4.78, 5) is 13.8. The van der Waals surface area contributed by atoms with Gasteiger partial charge in [-0.1, -0.05) is 72.8 Å². The lowest BCUT2D eigenvalue weighted by Gasteiger charge is -2.44. The van der Waals surface area contributed by atoms with Crippen LogP contribution < -0.4 is 0 Å². The number of hydrogen-bond donors (Lipinski definition) is 1. The highest BCUT2D eigenvalue weighted by Gasteiger charge is 2.41. The van der Waals surface area contributed by atoms with Crippen LogP contribution >= 0.6 is 0 Å². The molecule has 0 radical (unpaired) electrons. The minimum Gasteiger partial charge on any atom is -0.347 e. The van der Waals surface area contributed by atoms with Crippen LogP contribution in [-0.2, 0) is 12.0 Å². The van der Waals surface area contributed by atoms with Gasteiger partial charge in [0.15, 0.2) is 0 Å². The molecule has 2 atom stereocenters. The molecular weight excluding hydrogens is 514 g/mol. The van der Waals surface area contributed by atoms with E-state index in [1.807, 2.05) is 24.5 Å². The molecular formula is C37H43N5. The quantitative estimate of drug-likeness (QED) is 0.204. The summed E-state index contributed by atoms with van der Waals surface area (Å²) < 4.78 is 0. The lowest BCUT2D eigenvalue weighted by Crippen LogP contribution is -2.51. The summed E-state index contributed by atoms with van der Waals surface area (Å²) in [5.74, 6) is 2.80. The number of nitriles is 1. The van der Waals surface area contributed by atoms with Gasteiger partial charge in [-0.25, -0.2) is 4.98 Å². The minimum absolute atomic E-state index is 0.251. The van der Waals surface area contributed by atoms with Crippen LogP contribution in [0.5, 0.6) is 0 Å². The van der Waals surface area contributed by atoms with Gasteiger partial charge in [0.1, 0.15) is 5.82 Å². The molecule has 1 aromatic heterocycles. The summed E-state index contributed by atoms with van der Waals surface area (Å²) in [5, 5.41) is 9.32. The van der Waals surface area contributed by atoms with Crippen LogP contribution in [0.4, 0.5) is 0 Å². The van der Waals surface area contributed by atoms with E-state index < -0.39 is 0 Å². The molecule has 1 N–H and O–H groups in total. The van der Waals surface area contributed by atoms with Crippen LogP contribution in [0, 0.1) is 23.2 Å². The predicted octanol–water partition coefficient (Wildman–Crippen LogP) is 7.00. The number of likely N-dealkylation sites (tertiary alicyclic amines) is 1. The Labute approximate surface area is 251 Å². The van der Waals surface area contributed by atoms with Crippen LogP contribution in [-0.4, -0.2) is 52.5 Å². The first kappa shape index (κ1) is 28.4. The molecule has 0 bridgehead atoms. The van der Waals surface area contributed by atoms with E-state index in [9.17, 15) is 5.26 Å². The van der Waals surface area contributed by atoms with Crippen molar-refractivity contribution in [2.45, 2.75) is 50.5 Å². The van der Waals surface area contributed by atoms with Crippen LogP contribution in [0.1, 0.15) is 66.6 Å². The maximum Gasteiger partial charge on any atom is 0.126 e. The third-order valence-electron chi connectivity index (χ3n) is 9.44. The molecule has 42 heavy (non-hydrogen) atoms. The maximum absolute atomic E-state index is 9.32. The lowest BCUT2D eigenvalue weighted by molar-refractivity contribution is 0.0470. The first-order valence-electron chi connectivity index (χ1n) is 15.7. The number of aromatic amines is 1. The van der Waals surface area contributed by atoms with Gasteiger partial charge in [0.05, 0.1) is 17.2 Å². The summed E-state index contributed by atoms with van der Waals surface area (Å²) in [7, 11) is 0. The minimum atomic E-state index is -0.251. The van der Waals surface area contributed by atoms with Gasteiger partial charge in [0.2, 0.25) is 0 Å². The Morgan fingerprint density at radius 3 is 2.19 bits per heavy atom. The van der Waals surface area contributed by atoms with Crippen molar-refractivity contribution in [3.63, 3.8) is 0 Å². The van der Waals surface area contributed by atoms with Gasteiger partial charge in [-0.3, -0.25) is 4.90 Å². The van der Waals surface area contributed by atoms with Crippen LogP contribution in [0.25, 0.3) is 0 Å². The third kappa shape index (κ3) is 6.84. The van der Waals surface area contributed by atoms with Crippen molar-refractivity contribution < 1.29 is 0 Å². The zero-order valence-electron chi connectivity index (χ0n) is 24.8. The molecule has 2 aliphatic rings. The van der Waals surface area contributed by atoms with Gasteiger partial charge in [0.25, 0.3) is 0 Å². The lowest BCUT2D eigenvalue weighted by atomic mass is 9.86. The first-order valence-corrected chi connectivity index (χ1v) is 15.7. The third-order valence-corrected chi connectivity index (χ3v) is 9.44. The fourth-order valence-corrected chi connectivity index (χ4v) is 6.90. The SMILES string of the molecule is CC(Cc1ccc(C#N)cc1)(c1ncc[nH]1)N(CC1CC1)C[C@H]1CCCN(CC(c2ccccc2)c2ccccc2)C1. The van der Waals surface area contributed by atoms with Crippen LogP contribution in [0.2, 0.25) is 0 Å². The fraction of sp³-hybridized carbons (Fsp3) is 0.405. The van der Waals surface area contributed by atoms with Crippen molar-refractivity contribution in [2.75, 3.05) is 32.7 Å². The van der Waals surface area contributed by atoms with Crippen molar-refractivity contribution in [1.29, 1.82) is 5.26 Å². The average molecular weight is 558 g/mol. The van der Waals surface area contributed by atoms with E-state index >= 15 is 0 Å². The van der Waals surface area contributed by atoms with Crippen molar-refractivity contribution >= 4 is 0 Å². The number of rotatable bonds is 12. The average Bonchev–Trinajstić information content (AvgIpc) is 3.68. The van der Waals surface area contributed by atoms with E-state index in [1.165, 1.54) is 42.4 Å². The monoisotopic (exact) mass is 557 g/mol. The topological polar surface area (TPSA) is 59.0 Å². The number of benzene rings is 3. The Kier molecular flexibility index (Phi) is 8.84. The van der Waals surface area contributed by atoms with E-state index in [1.54, 1.807) is 0 Å². The number of piperidine rings is 1. The van der Waals surface area contributed by atoms with E-state index in [0.717, 1.165) is 50.9 Å². The zero-order valence-corrected chi connectivity index (χ0v) is 24.8. The number of hydrogen-bond acceptors (Lipinski definition) is 4. The highest BCUT2D eigenvalue weighted by molar-refractivity contribution is 5.34. The van der Waals surface area contributed by atoms with Crippen molar-refractivity contribution in [1.82, 2.24) is 19.8 Å². The zero-order chi connectivity index (χ0) is 28.8. The van der Waals surface area contributed by atoms with Gasteiger partial charge in [-0.05, 0) is 86.2 Å². The van der Waals surface area contributed by atoms with E-state index in [0.29, 0.717) is 17.4 Å². The van der Waals surface area contributed by atoms with Crippen molar-refractivity contribution in [3.8, 4) is 6.07 Å². The molecule has 3 aromatic carbocycles. The number of imidazole rings is 1. The highest BCUT2D eigenvalue weighted by atomic mass is 15.2. The Hall–Kier alpha value is -3.72. The summed E-state index contributed by atoms with van der Waals surface area (Å²) in [5.41, 5.74) is 4.49. The molecule has 1 saturated heterocycles. The number of aromatic nitrogens is 2. The highest BCUT2D eigenvalue weighted by Crippen LogP contribution is 2.38. The number of nitrogens with zero attached hydrogens (tertiary/aromatic N) is 4. The molecule has 1 unspecified atom stereocenters. The van der Waals surface area contributed by atoms with Gasteiger partial charge >= 0.3 is 0 Å². The van der Waals surface area contributed by atoms with Crippen molar-refractivity contribution in [3.05, 3.63) is 125 Å². The van der Waals surface area contributed by atoms with Gasteiger partial charge in [-0.15, -0.1) is 0 Å². The van der Waals surface area contributed by atoms with Gasteiger partial charge in [0, 0.05) is 44.5 Å². The first-order chi connectivity index (χ1) is 20.6. The maximum atomic E-state index is 9.32. The molecule has 0 spiro atoms. The van der Waals surface area contributed by atoms with E-state index in [4.69, 9.17) is 4.98 Å². The fourth-order valence-electron chi connectivity index (χ4n) is 6.90. The van der Waals surface area contributed by atoms with Crippen molar-refractivity contribution in [2.24, 2.45) is 11.8 Å². The number of H-pyrrole nitrogens is 1. The molecule has 6 rings (SSSR count). The molecule has 4 aromatic rings. The van der Waals surface area contributed by atoms with Gasteiger partial charge in [-0.2, -0.15) is 5.26 Å². The summed E-state index contributed by atoms with van der Waals surface area (Å²) in [6.07, 6.45) is 9.87. The molecule has 5 nitrogen and oxygen atoms in total. The second kappa shape index (κ2) is 13.1. The second-order valence-electron chi connectivity index (χ2n) is 12.7. The second-order valence-corrected chi connectivity index (χ2v) is 12.7. The summed E-state index contributed by atoms with van der Waals surface area (Å²) >= 11 is 0. The van der Waals surface area contributed by atoms with Gasteiger partial charge < -0.3 is 9.88 Å². The normalized spacial score (nSPS) is 19.0. The van der Waals surface area contributed by atoms with Crippen LogP contribution in [0.15, 0.2) is 97.3 Å². The molecule has 2 fully saturated rings. The Balaban J connectivity index is 1.22. The molecule has 1 aliphatic carbocycles. The summed E-state index contributed by atoms with van der Waals surface area (Å²) in [6, 6.07) is 32.4. The smallest absolute Gasteiger partial charge is 0.126 e. The molecule has 1 aliphatic heterocycles. The molecule has 1 saturated carbocycles. The molecule has 216 valence electrons. The molecule has 5 heteroatoms. The molecule has 0 amide bonds. The predicted molar refractivity (Wildman–Crippen MR) is 169 cm³/mol. The van der Waals surface area contributed by atoms with Crippen LogP contribution in [0.3, 0.4) is 0 Å². The standard InChI is InChI=1S/C37H43N5/c1-37(36-39-20-21-40-36,23-29-14-16-30(24-38)17-15-29)42(26-31-18-19-31)27-32-9-8-22-41(25-32)28-35(33-10-4-2-5-11-33)34-12-6-3-7-13-34/h2-7,10-17,20-21,31-32,35H,8-9,18-19,22-23,25-28H2,1H3,(H,39,40)/t32-,37?/m0/s1. The Morgan fingerprint density at radius 1 is 0.929 bits per heavy atom. The Morgan fingerprint density at radius 2 is 1.60 bits per heavy atom. The largest absolute Gasteiger partial charge is 0.347 e.